The summed E-state index contributed by atoms with van der Waals surface area (Å²) in [6.07, 6.45) is -2.99. The van der Waals surface area contributed by atoms with Crippen LogP contribution in [-0.2, 0) is 17.5 Å². The van der Waals surface area contributed by atoms with Gasteiger partial charge in [-0.3, -0.25) is 4.79 Å². The number of rotatable bonds is 4. The maximum atomic E-state index is 12.8. The molecule has 0 spiro atoms. The Morgan fingerprint density at radius 3 is 2.63 bits per heavy atom. The highest BCUT2D eigenvalue weighted by Gasteiger charge is 2.30. The number of hydrogen-bond acceptors (Lipinski definition) is 2. The van der Waals surface area contributed by atoms with E-state index in [0.29, 0.717) is 19.5 Å². The summed E-state index contributed by atoms with van der Waals surface area (Å²) < 4.78 is 38.3. The number of hydrogen-bond donors (Lipinski definition) is 2. The number of amides is 1. The van der Waals surface area contributed by atoms with Gasteiger partial charge in [0.05, 0.1) is 5.56 Å². The van der Waals surface area contributed by atoms with Gasteiger partial charge in [0.25, 0.3) is 0 Å². The highest BCUT2D eigenvalue weighted by molar-refractivity contribution is 7.80. The molecule has 142 valence electrons. The molecule has 3 rings (SSSR count). The highest BCUT2D eigenvalue weighted by atomic mass is 32.1. The van der Waals surface area contributed by atoms with Gasteiger partial charge in [-0.25, -0.2) is 0 Å². The van der Waals surface area contributed by atoms with Crippen molar-refractivity contribution in [1.29, 1.82) is 0 Å². The summed E-state index contributed by atoms with van der Waals surface area (Å²) in [6.45, 7) is 1.10. The molecule has 0 atom stereocenters. The van der Waals surface area contributed by atoms with E-state index in [1.165, 1.54) is 12.1 Å². The maximum Gasteiger partial charge on any atom is 0.416 e. The number of nitrogens with one attached hydrogen (secondary N) is 2. The van der Waals surface area contributed by atoms with Gasteiger partial charge in [0.2, 0.25) is 5.91 Å². The summed E-state index contributed by atoms with van der Waals surface area (Å²) in [4.78, 5) is 13.6. The average Bonchev–Trinajstić information content (AvgIpc) is 3.06. The summed E-state index contributed by atoms with van der Waals surface area (Å²) in [5, 5.41) is 5.95. The lowest BCUT2D eigenvalue weighted by molar-refractivity contribution is -0.137. The van der Waals surface area contributed by atoms with E-state index in [0.717, 1.165) is 29.8 Å². The van der Waals surface area contributed by atoms with E-state index < -0.39 is 11.7 Å². The smallest absolute Gasteiger partial charge is 0.358 e. The number of halogens is 3. The van der Waals surface area contributed by atoms with Gasteiger partial charge in [0.15, 0.2) is 5.11 Å². The van der Waals surface area contributed by atoms with Crippen molar-refractivity contribution in [3.05, 3.63) is 59.7 Å². The number of carbonyl (C=O) groups excluding carboxylic acids is 1. The minimum absolute atomic E-state index is 0.113. The molecule has 0 aromatic heterocycles. The third-order valence-corrected chi connectivity index (χ3v) is 4.44. The van der Waals surface area contributed by atoms with Gasteiger partial charge < -0.3 is 15.5 Å². The largest absolute Gasteiger partial charge is 0.416 e. The second-order valence-corrected chi connectivity index (χ2v) is 6.61. The van der Waals surface area contributed by atoms with Gasteiger partial charge in [-0.05, 0) is 54.5 Å². The molecule has 0 unspecified atom stereocenters. The van der Waals surface area contributed by atoms with Crippen LogP contribution in [0.25, 0.3) is 0 Å². The molecule has 1 aliphatic rings. The van der Waals surface area contributed by atoms with E-state index in [2.05, 4.69) is 10.6 Å². The molecule has 1 fully saturated rings. The van der Waals surface area contributed by atoms with Crippen molar-refractivity contribution in [2.24, 2.45) is 0 Å². The predicted molar refractivity (Wildman–Crippen MR) is 103 cm³/mol. The fourth-order valence-corrected chi connectivity index (χ4v) is 3.08. The molecule has 8 heteroatoms. The van der Waals surface area contributed by atoms with Crippen LogP contribution in [0.3, 0.4) is 0 Å². The summed E-state index contributed by atoms with van der Waals surface area (Å²) in [6, 6.07) is 12.4. The molecular formula is C19H18F3N3OS. The minimum Gasteiger partial charge on any atom is -0.358 e. The van der Waals surface area contributed by atoms with Crippen molar-refractivity contribution in [3.63, 3.8) is 0 Å². The summed E-state index contributed by atoms with van der Waals surface area (Å²) >= 11 is 5.16. The third-order valence-electron chi connectivity index (χ3n) is 4.20. The molecule has 1 saturated heterocycles. The Morgan fingerprint density at radius 2 is 1.93 bits per heavy atom. The molecule has 1 heterocycles. The zero-order chi connectivity index (χ0) is 19.4. The van der Waals surface area contributed by atoms with Crippen molar-refractivity contribution >= 4 is 34.6 Å². The molecule has 2 N–H and O–H groups in total. The normalized spacial score (nSPS) is 14.3. The van der Waals surface area contributed by atoms with Gasteiger partial charge in [0.1, 0.15) is 0 Å². The van der Waals surface area contributed by atoms with Crippen LogP contribution in [0.1, 0.15) is 24.0 Å². The van der Waals surface area contributed by atoms with Crippen LogP contribution < -0.4 is 15.5 Å². The van der Waals surface area contributed by atoms with E-state index in [9.17, 15) is 18.0 Å². The Bertz CT molecular complexity index is 854. The quantitative estimate of drug-likeness (QED) is 0.760. The molecule has 2 aromatic rings. The van der Waals surface area contributed by atoms with Crippen molar-refractivity contribution in [2.45, 2.75) is 25.6 Å². The van der Waals surface area contributed by atoms with Crippen molar-refractivity contribution < 1.29 is 18.0 Å². The molecule has 0 aliphatic carbocycles. The van der Waals surface area contributed by atoms with Gasteiger partial charge >= 0.3 is 6.18 Å². The Morgan fingerprint density at radius 1 is 1.15 bits per heavy atom. The summed E-state index contributed by atoms with van der Waals surface area (Å²) in [5.41, 5.74) is 1.28. The number of anilines is 2. The van der Waals surface area contributed by atoms with Crippen molar-refractivity contribution in [3.8, 4) is 0 Å². The van der Waals surface area contributed by atoms with Crippen LogP contribution in [0.15, 0.2) is 48.5 Å². The van der Waals surface area contributed by atoms with Crippen molar-refractivity contribution in [1.82, 2.24) is 5.32 Å². The van der Waals surface area contributed by atoms with Gasteiger partial charge in [-0.15, -0.1) is 0 Å². The average molecular weight is 393 g/mol. The zero-order valence-electron chi connectivity index (χ0n) is 14.3. The Balaban J connectivity index is 1.59. The first-order valence-corrected chi connectivity index (χ1v) is 8.85. The molecule has 0 bridgehead atoms. The monoisotopic (exact) mass is 393 g/mol. The molecule has 0 radical (unpaired) electrons. The Kier molecular flexibility index (Phi) is 5.65. The molecule has 27 heavy (non-hydrogen) atoms. The van der Waals surface area contributed by atoms with E-state index in [-0.39, 0.29) is 16.7 Å². The fourth-order valence-electron chi connectivity index (χ4n) is 2.89. The predicted octanol–water partition coefficient (Wildman–Crippen LogP) is 4.32. The molecule has 1 amide bonds. The lowest BCUT2D eigenvalue weighted by Gasteiger charge is -2.17. The van der Waals surface area contributed by atoms with Gasteiger partial charge in [-0.2, -0.15) is 13.2 Å². The van der Waals surface area contributed by atoms with Crippen LogP contribution in [0.2, 0.25) is 0 Å². The van der Waals surface area contributed by atoms with Crippen LogP contribution in [0.4, 0.5) is 24.5 Å². The van der Waals surface area contributed by atoms with Crippen LogP contribution in [0, 0.1) is 0 Å². The molecule has 0 saturated carbocycles. The summed E-state index contributed by atoms with van der Waals surface area (Å²) in [5.74, 6) is 0.113. The van der Waals surface area contributed by atoms with Crippen LogP contribution >= 0.6 is 12.2 Å². The number of thiocarbonyl (C=S) groups is 1. The standard InChI is InChI=1S/C19H18F3N3OS/c20-19(21,22)14-5-2-6-15(11-14)24-18(27)23-12-13-4-1-7-16(10-13)25-9-3-8-17(25)26/h1-2,4-7,10-11H,3,8-9,12H2,(H2,23,24,27). The van der Waals surface area contributed by atoms with Gasteiger partial charge in [0, 0.05) is 30.9 Å². The second kappa shape index (κ2) is 7.96. The van der Waals surface area contributed by atoms with Crippen LogP contribution in [0.5, 0.6) is 0 Å². The molecular weight excluding hydrogens is 375 g/mol. The first-order valence-electron chi connectivity index (χ1n) is 8.44. The van der Waals surface area contributed by atoms with E-state index in [1.54, 1.807) is 4.90 Å². The molecule has 1 aliphatic heterocycles. The first-order chi connectivity index (χ1) is 12.8. The van der Waals surface area contributed by atoms with Crippen molar-refractivity contribution in [2.75, 3.05) is 16.8 Å². The molecule has 2 aromatic carbocycles. The Hall–Kier alpha value is -2.61. The molecule has 4 nitrogen and oxygen atoms in total. The van der Waals surface area contributed by atoms with Crippen LogP contribution in [-0.4, -0.2) is 17.6 Å². The Labute approximate surface area is 160 Å². The highest BCUT2D eigenvalue weighted by Crippen LogP contribution is 2.30. The number of alkyl halides is 3. The van der Waals surface area contributed by atoms with E-state index in [1.807, 2.05) is 24.3 Å². The maximum absolute atomic E-state index is 12.8. The summed E-state index contributed by atoms with van der Waals surface area (Å²) in [7, 11) is 0. The lowest BCUT2D eigenvalue weighted by Crippen LogP contribution is -2.28. The van der Waals surface area contributed by atoms with E-state index >= 15 is 0 Å². The van der Waals surface area contributed by atoms with Gasteiger partial charge in [-0.1, -0.05) is 18.2 Å². The topological polar surface area (TPSA) is 44.4 Å². The fraction of sp³-hybridized carbons (Fsp3) is 0.263. The third kappa shape index (κ3) is 4.97. The lowest BCUT2D eigenvalue weighted by atomic mass is 10.2. The van der Waals surface area contributed by atoms with E-state index in [4.69, 9.17) is 12.2 Å². The number of carbonyl (C=O) groups is 1. The zero-order valence-corrected chi connectivity index (χ0v) is 15.2. The second-order valence-electron chi connectivity index (χ2n) is 6.21. The number of benzene rings is 2. The first kappa shape index (κ1) is 19.2. The number of nitrogens with zero attached hydrogens (tertiary/aromatic N) is 1. The minimum atomic E-state index is -4.40. The SMILES string of the molecule is O=C1CCCN1c1cccc(CNC(=S)Nc2cccc(C(F)(F)F)c2)c1.